The Bertz CT molecular complexity index is 1040. The molecule has 1 saturated heterocycles. The van der Waals surface area contributed by atoms with Gasteiger partial charge in [-0.05, 0) is 24.1 Å². The average Bonchev–Trinajstić information content (AvgIpc) is 2.99. The van der Waals surface area contributed by atoms with Crippen molar-refractivity contribution in [1.29, 1.82) is 0 Å². The predicted octanol–water partition coefficient (Wildman–Crippen LogP) is 2.05. The molecule has 0 N–H and O–H groups in total. The van der Waals surface area contributed by atoms with E-state index in [0.29, 0.717) is 6.07 Å². The van der Waals surface area contributed by atoms with Crippen LogP contribution in [0.3, 0.4) is 0 Å². The van der Waals surface area contributed by atoms with Gasteiger partial charge in [-0.1, -0.05) is 13.0 Å². The third-order valence-corrected chi connectivity index (χ3v) is 8.22. The first-order chi connectivity index (χ1) is 15.3. The van der Waals surface area contributed by atoms with Crippen LogP contribution in [0.1, 0.15) is 25.3 Å². The van der Waals surface area contributed by atoms with Crippen LogP contribution in [-0.2, 0) is 25.8 Å². The van der Waals surface area contributed by atoms with Gasteiger partial charge in [-0.2, -0.15) is 17.5 Å². The second-order valence-electron chi connectivity index (χ2n) is 8.45. The highest BCUT2D eigenvalue weighted by Gasteiger charge is 2.44. The molecule has 1 amide bonds. The van der Waals surface area contributed by atoms with Crippen molar-refractivity contribution >= 4 is 21.7 Å². The lowest BCUT2D eigenvalue weighted by molar-refractivity contribution is -0.490. The number of Topliss-reactive ketones (excluding diaryl/α,β-unsaturated/α-hetero) is 1. The molecule has 0 unspecified atom stereocenters. The molecule has 1 heterocycles. The normalized spacial score (nSPS) is 24.8. The van der Waals surface area contributed by atoms with Gasteiger partial charge in [-0.3, -0.25) is 19.7 Å². The van der Waals surface area contributed by atoms with Crippen molar-refractivity contribution in [1.82, 2.24) is 9.21 Å². The lowest BCUT2D eigenvalue weighted by Crippen LogP contribution is -2.51. The minimum Gasteiger partial charge on any atom is -0.340 e. The molecule has 1 aromatic carbocycles. The Balaban J connectivity index is 1.64. The van der Waals surface area contributed by atoms with Gasteiger partial charge in [0.25, 0.3) is 0 Å². The third kappa shape index (κ3) is 5.52. The lowest BCUT2D eigenvalue weighted by atomic mass is 9.87. The fourth-order valence-electron chi connectivity index (χ4n) is 4.48. The average molecular weight is 491 g/mol. The summed E-state index contributed by atoms with van der Waals surface area (Å²) in [5.74, 6) is -2.06. The van der Waals surface area contributed by atoms with Crippen molar-refractivity contribution in [3.8, 4) is 0 Å². The molecule has 3 atom stereocenters. The Morgan fingerprint density at radius 1 is 1.21 bits per heavy atom. The quantitative estimate of drug-likeness (QED) is 0.444. The molecule has 0 aromatic heterocycles. The number of nitrogens with zero attached hydrogens (tertiary/aromatic N) is 3. The molecule has 9 nitrogen and oxygen atoms in total. The van der Waals surface area contributed by atoms with Crippen LogP contribution < -0.4 is 0 Å². The number of sulfonamides is 1. The number of piperazine rings is 1. The number of rotatable bonds is 6. The maximum absolute atomic E-state index is 12.9. The molecule has 1 aromatic rings. The number of ketones is 1. The van der Waals surface area contributed by atoms with Crippen LogP contribution in [0.25, 0.3) is 0 Å². The van der Waals surface area contributed by atoms with E-state index in [-0.39, 0.29) is 50.7 Å². The first-order valence-electron chi connectivity index (χ1n) is 10.4. The van der Waals surface area contributed by atoms with E-state index in [9.17, 15) is 41.3 Å². The van der Waals surface area contributed by atoms with Crippen LogP contribution in [-0.4, -0.2) is 67.0 Å². The van der Waals surface area contributed by atoms with E-state index < -0.39 is 55.9 Å². The number of nitro groups is 1. The SMILES string of the molecule is C[C@@H]1CC(=O)[C@@H](CC(=O)N2CCN(S(=O)(=O)c3cccc(C(F)(F)F)c3)CC2)[C@@H]1C[N+](=O)[O-]. The highest BCUT2D eigenvalue weighted by molar-refractivity contribution is 7.89. The van der Waals surface area contributed by atoms with Gasteiger partial charge in [-0.15, -0.1) is 0 Å². The molecule has 182 valence electrons. The molecule has 1 aliphatic carbocycles. The zero-order chi connectivity index (χ0) is 24.6. The molecular formula is C20H24F3N3O6S. The number of amides is 1. The standard InChI is InChI=1S/C20H24F3N3O6S/c1-13-9-18(27)16(17(13)12-26(29)30)11-19(28)24-5-7-25(8-6-24)33(31,32)15-4-2-3-14(10-15)20(21,22)23/h2-4,10,13,16-17H,5-9,11-12H2,1H3/t13-,16+,17-/m1/s1. The molecule has 13 heteroatoms. The Morgan fingerprint density at radius 2 is 1.85 bits per heavy atom. The largest absolute Gasteiger partial charge is 0.416 e. The lowest BCUT2D eigenvalue weighted by Gasteiger charge is -2.34. The molecule has 0 radical (unpaired) electrons. The van der Waals surface area contributed by atoms with Crippen molar-refractivity contribution in [3.05, 3.63) is 39.9 Å². The van der Waals surface area contributed by atoms with Gasteiger partial charge >= 0.3 is 6.18 Å². The topological polar surface area (TPSA) is 118 Å². The minimum atomic E-state index is -4.68. The molecule has 2 aliphatic rings. The van der Waals surface area contributed by atoms with Crippen molar-refractivity contribution in [2.24, 2.45) is 17.8 Å². The van der Waals surface area contributed by atoms with Crippen LogP contribution in [0.2, 0.25) is 0 Å². The van der Waals surface area contributed by atoms with Crippen molar-refractivity contribution in [2.75, 3.05) is 32.7 Å². The van der Waals surface area contributed by atoms with Gasteiger partial charge in [0.2, 0.25) is 22.5 Å². The second kappa shape index (κ2) is 9.37. The number of carbonyl (C=O) groups is 2. The molecule has 2 fully saturated rings. The smallest absolute Gasteiger partial charge is 0.340 e. The van der Waals surface area contributed by atoms with Crippen molar-refractivity contribution < 1.29 is 36.1 Å². The van der Waals surface area contributed by atoms with Crippen LogP contribution in [0.4, 0.5) is 13.2 Å². The Hall–Kier alpha value is -2.54. The van der Waals surface area contributed by atoms with Crippen LogP contribution in [0.15, 0.2) is 29.2 Å². The summed E-state index contributed by atoms with van der Waals surface area (Å²) in [4.78, 5) is 36.4. The monoisotopic (exact) mass is 491 g/mol. The number of hydrogen-bond donors (Lipinski definition) is 0. The predicted molar refractivity (Wildman–Crippen MR) is 109 cm³/mol. The van der Waals surface area contributed by atoms with E-state index in [0.717, 1.165) is 22.5 Å². The van der Waals surface area contributed by atoms with Crippen LogP contribution in [0.5, 0.6) is 0 Å². The number of benzene rings is 1. The van der Waals surface area contributed by atoms with Gasteiger partial charge < -0.3 is 4.90 Å². The summed E-state index contributed by atoms with van der Waals surface area (Å²) in [7, 11) is -4.19. The zero-order valence-corrected chi connectivity index (χ0v) is 18.6. The van der Waals surface area contributed by atoms with Gasteiger partial charge in [0, 0.05) is 55.8 Å². The van der Waals surface area contributed by atoms with Gasteiger partial charge in [0.1, 0.15) is 5.78 Å². The summed E-state index contributed by atoms with van der Waals surface area (Å²) < 4.78 is 65.4. The highest BCUT2D eigenvalue weighted by atomic mass is 32.2. The molecule has 3 rings (SSSR count). The van der Waals surface area contributed by atoms with Crippen LogP contribution >= 0.6 is 0 Å². The summed E-state index contributed by atoms with van der Waals surface area (Å²) in [6.45, 7) is 1.14. The van der Waals surface area contributed by atoms with Gasteiger partial charge in [0.05, 0.1) is 10.5 Å². The van der Waals surface area contributed by atoms with E-state index in [2.05, 4.69) is 0 Å². The van der Waals surface area contributed by atoms with E-state index in [1.54, 1.807) is 6.92 Å². The zero-order valence-electron chi connectivity index (χ0n) is 17.8. The van der Waals surface area contributed by atoms with E-state index in [1.165, 1.54) is 4.90 Å². The summed E-state index contributed by atoms with van der Waals surface area (Å²) in [5.41, 5.74) is -1.07. The summed E-state index contributed by atoms with van der Waals surface area (Å²) in [6.07, 6.45) is -4.68. The Labute approximate surface area is 188 Å². The maximum atomic E-state index is 12.9. The number of carbonyl (C=O) groups excluding carboxylic acids is 2. The first kappa shape index (κ1) is 25.1. The number of halogens is 3. The molecular weight excluding hydrogens is 467 g/mol. The van der Waals surface area contributed by atoms with Crippen molar-refractivity contribution in [2.45, 2.75) is 30.8 Å². The van der Waals surface area contributed by atoms with Gasteiger partial charge in [0.15, 0.2) is 0 Å². The molecule has 0 spiro atoms. The third-order valence-electron chi connectivity index (χ3n) is 6.33. The summed E-state index contributed by atoms with van der Waals surface area (Å²) in [5, 5.41) is 10.9. The van der Waals surface area contributed by atoms with E-state index >= 15 is 0 Å². The Kier molecular flexibility index (Phi) is 7.13. The molecule has 0 bridgehead atoms. The summed E-state index contributed by atoms with van der Waals surface area (Å²) in [6, 6.07) is 3.48. The van der Waals surface area contributed by atoms with Crippen LogP contribution in [0, 0.1) is 27.9 Å². The van der Waals surface area contributed by atoms with E-state index in [4.69, 9.17) is 0 Å². The first-order valence-corrected chi connectivity index (χ1v) is 11.8. The fraction of sp³-hybridized carbons (Fsp3) is 0.600. The molecule has 1 aliphatic heterocycles. The fourth-order valence-corrected chi connectivity index (χ4v) is 5.95. The molecule has 33 heavy (non-hydrogen) atoms. The maximum Gasteiger partial charge on any atom is 0.416 e. The Morgan fingerprint density at radius 3 is 2.42 bits per heavy atom. The number of hydrogen-bond acceptors (Lipinski definition) is 6. The number of alkyl halides is 3. The van der Waals surface area contributed by atoms with Gasteiger partial charge in [-0.25, -0.2) is 8.42 Å². The minimum absolute atomic E-state index is 0.00733. The van der Waals surface area contributed by atoms with E-state index in [1.807, 2.05) is 0 Å². The highest BCUT2D eigenvalue weighted by Crippen LogP contribution is 2.37. The second-order valence-corrected chi connectivity index (χ2v) is 10.4. The molecule has 1 saturated carbocycles. The van der Waals surface area contributed by atoms with Crippen molar-refractivity contribution in [3.63, 3.8) is 0 Å². The summed E-state index contributed by atoms with van der Waals surface area (Å²) >= 11 is 0.